The van der Waals surface area contributed by atoms with Crippen LogP contribution in [0.4, 0.5) is 0 Å². The van der Waals surface area contributed by atoms with Crippen LogP contribution in [0.3, 0.4) is 0 Å². The fraction of sp³-hybridized carbons (Fsp3) is 0.450. The van der Waals surface area contributed by atoms with E-state index in [2.05, 4.69) is 38.1 Å². The van der Waals surface area contributed by atoms with Gasteiger partial charge in [-0.3, -0.25) is 0 Å². The summed E-state index contributed by atoms with van der Waals surface area (Å²) < 4.78 is 10.6. The molecule has 0 amide bonds. The summed E-state index contributed by atoms with van der Waals surface area (Å²) >= 11 is 0. The van der Waals surface area contributed by atoms with Crippen LogP contribution in [-0.2, 0) is 9.53 Å². The lowest BCUT2D eigenvalue weighted by atomic mass is 9.73. The van der Waals surface area contributed by atoms with E-state index in [0.717, 1.165) is 30.6 Å². The number of ether oxygens (including phenoxy) is 2. The van der Waals surface area contributed by atoms with E-state index in [1.165, 1.54) is 5.57 Å². The number of benzene rings is 1. The molecular formula is C20H26O3. The highest BCUT2D eigenvalue weighted by molar-refractivity contribution is 5.75. The van der Waals surface area contributed by atoms with Crippen molar-refractivity contribution in [2.75, 3.05) is 13.2 Å². The topological polar surface area (TPSA) is 35.5 Å². The molecule has 0 aliphatic heterocycles. The summed E-state index contributed by atoms with van der Waals surface area (Å²) in [7, 11) is 0. The van der Waals surface area contributed by atoms with Crippen molar-refractivity contribution in [3.05, 3.63) is 48.1 Å². The van der Waals surface area contributed by atoms with E-state index in [9.17, 15) is 4.79 Å². The summed E-state index contributed by atoms with van der Waals surface area (Å²) in [4.78, 5) is 11.5. The van der Waals surface area contributed by atoms with Gasteiger partial charge in [-0.05, 0) is 43.2 Å². The molecule has 0 aromatic heterocycles. The molecule has 0 unspecified atom stereocenters. The number of hydrogen-bond acceptors (Lipinski definition) is 3. The SMILES string of the molecule is CCOC(=O)COc1ccccc1C1=CC=CC(CC)(CC)C1. The van der Waals surface area contributed by atoms with Crippen LogP contribution in [0.2, 0.25) is 0 Å². The molecule has 0 fully saturated rings. The number of allylic oxidation sites excluding steroid dienone is 4. The second-order valence-corrected chi connectivity index (χ2v) is 5.89. The van der Waals surface area contributed by atoms with Crippen molar-refractivity contribution < 1.29 is 14.3 Å². The van der Waals surface area contributed by atoms with Crippen LogP contribution in [0, 0.1) is 5.41 Å². The Bertz CT molecular complexity index is 595. The summed E-state index contributed by atoms with van der Waals surface area (Å²) in [5.74, 6) is 0.402. The average molecular weight is 314 g/mol. The van der Waals surface area contributed by atoms with Gasteiger partial charge in [0, 0.05) is 5.56 Å². The highest BCUT2D eigenvalue weighted by atomic mass is 16.6. The predicted octanol–water partition coefficient (Wildman–Crippen LogP) is 4.78. The van der Waals surface area contributed by atoms with Gasteiger partial charge in [-0.25, -0.2) is 4.79 Å². The van der Waals surface area contributed by atoms with Crippen LogP contribution in [0.25, 0.3) is 5.57 Å². The Labute approximate surface area is 139 Å². The van der Waals surface area contributed by atoms with Crippen LogP contribution < -0.4 is 4.74 Å². The first-order valence-electron chi connectivity index (χ1n) is 8.40. The molecule has 1 aliphatic carbocycles. The molecule has 0 saturated carbocycles. The number of carbonyl (C=O) groups is 1. The first-order valence-corrected chi connectivity index (χ1v) is 8.40. The first-order chi connectivity index (χ1) is 11.1. The van der Waals surface area contributed by atoms with E-state index in [4.69, 9.17) is 9.47 Å². The average Bonchev–Trinajstić information content (AvgIpc) is 2.60. The highest BCUT2D eigenvalue weighted by Crippen LogP contribution is 2.43. The van der Waals surface area contributed by atoms with Gasteiger partial charge in [-0.2, -0.15) is 0 Å². The van der Waals surface area contributed by atoms with E-state index >= 15 is 0 Å². The molecule has 1 aromatic carbocycles. The molecule has 0 saturated heterocycles. The van der Waals surface area contributed by atoms with E-state index in [0.29, 0.717) is 6.61 Å². The molecule has 1 aromatic rings. The maximum absolute atomic E-state index is 11.5. The largest absolute Gasteiger partial charge is 0.481 e. The normalized spacial score (nSPS) is 15.9. The second-order valence-electron chi connectivity index (χ2n) is 5.89. The van der Waals surface area contributed by atoms with Gasteiger partial charge < -0.3 is 9.47 Å². The van der Waals surface area contributed by atoms with E-state index in [1.54, 1.807) is 6.92 Å². The van der Waals surface area contributed by atoms with Gasteiger partial charge in [0.05, 0.1) is 6.61 Å². The van der Waals surface area contributed by atoms with Crippen LogP contribution in [0.5, 0.6) is 5.75 Å². The molecule has 3 nitrogen and oxygen atoms in total. The Balaban J connectivity index is 2.19. The minimum absolute atomic E-state index is 0.0549. The monoisotopic (exact) mass is 314 g/mol. The quantitative estimate of drug-likeness (QED) is 0.680. The highest BCUT2D eigenvalue weighted by Gasteiger charge is 2.27. The van der Waals surface area contributed by atoms with Gasteiger partial charge in [-0.1, -0.05) is 50.3 Å². The summed E-state index contributed by atoms with van der Waals surface area (Å²) in [6.45, 7) is 6.58. The maximum atomic E-state index is 11.5. The molecule has 0 atom stereocenters. The van der Waals surface area contributed by atoms with Crippen molar-refractivity contribution in [1.29, 1.82) is 0 Å². The molecule has 1 aliphatic rings. The molecule has 124 valence electrons. The minimum atomic E-state index is -0.337. The predicted molar refractivity (Wildman–Crippen MR) is 93.3 cm³/mol. The Morgan fingerprint density at radius 1 is 1.17 bits per heavy atom. The first kappa shape index (κ1) is 17.3. The van der Waals surface area contributed by atoms with Crippen molar-refractivity contribution in [1.82, 2.24) is 0 Å². The fourth-order valence-electron chi connectivity index (χ4n) is 2.98. The van der Waals surface area contributed by atoms with E-state index in [1.807, 2.05) is 18.2 Å². The molecule has 0 radical (unpaired) electrons. The number of rotatable bonds is 7. The Hall–Kier alpha value is -2.03. The van der Waals surface area contributed by atoms with Crippen molar-refractivity contribution in [2.24, 2.45) is 5.41 Å². The summed E-state index contributed by atoms with van der Waals surface area (Å²) in [6.07, 6.45) is 9.84. The smallest absolute Gasteiger partial charge is 0.344 e. The molecule has 2 rings (SSSR count). The summed E-state index contributed by atoms with van der Waals surface area (Å²) in [5.41, 5.74) is 2.54. The third-order valence-corrected chi connectivity index (χ3v) is 4.58. The van der Waals surface area contributed by atoms with Crippen molar-refractivity contribution >= 4 is 11.5 Å². The van der Waals surface area contributed by atoms with Gasteiger partial charge in [-0.15, -0.1) is 0 Å². The number of hydrogen-bond donors (Lipinski definition) is 0. The van der Waals surface area contributed by atoms with Crippen molar-refractivity contribution in [2.45, 2.75) is 40.0 Å². The zero-order valence-corrected chi connectivity index (χ0v) is 14.3. The van der Waals surface area contributed by atoms with E-state index < -0.39 is 0 Å². The van der Waals surface area contributed by atoms with Gasteiger partial charge in [0.2, 0.25) is 0 Å². The third-order valence-electron chi connectivity index (χ3n) is 4.58. The molecule has 0 bridgehead atoms. The molecule has 0 N–H and O–H groups in total. The van der Waals surface area contributed by atoms with E-state index in [-0.39, 0.29) is 18.0 Å². The van der Waals surface area contributed by atoms with Crippen LogP contribution >= 0.6 is 0 Å². The lowest BCUT2D eigenvalue weighted by molar-refractivity contribution is -0.145. The van der Waals surface area contributed by atoms with Gasteiger partial charge in [0.25, 0.3) is 0 Å². The Morgan fingerprint density at radius 3 is 2.61 bits per heavy atom. The minimum Gasteiger partial charge on any atom is -0.481 e. The van der Waals surface area contributed by atoms with Crippen LogP contribution in [0.1, 0.15) is 45.6 Å². The standard InChI is InChI=1S/C20H26O3/c1-4-20(5-2)13-9-10-16(14-20)17-11-7-8-12-18(17)23-15-19(21)22-6-3/h7-13H,4-6,14-15H2,1-3H3. The Kier molecular flexibility index (Phi) is 6.03. The Morgan fingerprint density at radius 2 is 1.91 bits per heavy atom. The molecule has 0 spiro atoms. The molecule has 0 heterocycles. The summed E-state index contributed by atoms with van der Waals surface area (Å²) in [5, 5.41) is 0. The number of carbonyl (C=O) groups excluding carboxylic acids is 1. The van der Waals surface area contributed by atoms with Crippen molar-refractivity contribution in [3.63, 3.8) is 0 Å². The fourth-order valence-corrected chi connectivity index (χ4v) is 2.98. The second kappa shape index (κ2) is 8.00. The molecular weight excluding hydrogens is 288 g/mol. The third kappa shape index (κ3) is 4.25. The van der Waals surface area contributed by atoms with Gasteiger partial charge in [0.15, 0.2) is 6.61 Å². The summed E-state index contributed by atoms with van der Waals surface area (Å²) in [6, 6.07) is 7.90. The van der Waals surface area contributed by atoms with Crippen LogP contribution in [0.15, 0.2) is 42.5 Å². The number of para-hydroxylation sites is 1. The zero-order chi connectivity index (χ0) is 16.7. The van der Waals surface area contributed by atoms with Crippen LogP contribution in [-0.4, -0.2) is 19.2 Å². The van der Waals surface area contributed by atoms with Crippen molar-refractivity contribution in [3.8, 4) is 5.75 Å². The lowest BCUT2D eigenvalue weighted by Gasteiger charge is -2.32. The molecule has 23 heavy (non-hydrogen) atoms. The lowest BCUT2D eigenvalue weighted by Crippen LogP contribution is -2.19. The molecule has 3 heteroatoms. The maximum Gasteiger partial charge on any atom is 0.344 e. The van der Waals surface area contributed by atoms with Gasteiger partial charge in [0.1, 0.15) is 5.75 Å². The zero-order valence-electron chi connectivity index (χ0n) is 14.3. The number of esters is 1. The van der Waals surface area contributed by atoms with Gasteiger partial charge >= 0.3 is 5.97 Å².